The molecule has 0 bridgehead atoms. The van der Waals surface area contributed by atoms with E-state index in [2.05, 4.69) is 27.7 Å². The minimum absolute atomic E-state index is 0. The van der Waals surface area contributed by atoms with Crippen LogP contribution in [-0.4, -0.2) is 5.54 Å². The molecular formula is C22H47N. The molecule has 0 aromatic heterocycles. The Morgan fingerprint density at radius 2 is 1.57 bits per heavy atom. The second kappa shape index (κ2) is 10.7. The van der Waals surface area contributed by atoms with Crippen LogP contribution in [0, 0.1) is 29.6 Å². The Bertz CT molecular complexity index is 296. The topological polar surface area (TPSA) is 26.0 Å². The molecule has 0 aromatic rings. The highest BCUT2D eigenvalue weighted by Crippen LogP contribution is 2.47. The van der Waals surface area contributed by atoms with Gasteiger partial charge in [0.15, 0.2) is 0 Å². The van der Waals surface area contributed by atoms with Crippen molar-refractivity contribution in [3.05, 3.63) is 0 Å². The zero-order valence-electron chi connectivity index (χ0n) is 16.3. The zero-order valence-corrected chi connectivity index (χ0v) is 16.3. The average molecular weight is 326 g/mol. The predicted octanol–water partition coefficient (Wildman–Crippen LogP) is 7.04. The molecule has 23 heavy (non-hydrogen) atoms. The number of fused-ring (bicyclic) bond motifs is 1. The Morgan fingerprint density at radius 3 is 2.17 bits per heavy atom. The van der Waals surface area contributed by atoms with E-state index in [1.54, 1.807) is 0 Å². The third kappa shape index (κ3) is 6.07. The number of hydrogen-bond donors (Lipinski definition) is 1. The van der Waals surface area contributed by atoms with Gasteiger partial charge in [-0.1, -0.05) is 67.7 Å². The minimum atomic E-state index is 0. The predicted molar refractivity (Wildman–Crippen MR) is 107 cm³/mol. The summed E-state index contributed by atoms with van der Waals surface area (Å²) in [6.07, 6.45) is 12.5. The summed E-state index contributed by atoms with van der Waals surface area (Å²) < 4.78 is 0. The van der Waals surface area contributed by atoms with E-state index in [4.69, 9.17) is 5.73 Å². The second-order valence-corrected chi connectivity index (χ2v) is 8.31. The maximum atomic E-state index is 6.83. The smallest absolute Gasteiger partial charge is 0.0157 e. The van der Waals surface area contributed by atoms with Crippen molar-refractivity contribution in [2.75, 3.05) is 0 Å². The van der Waals surface area contributed by atoms with E-state index in [1.807, 2.05) is 13.8 Å². The maximum absolute atomic E-state index is 6.83. The van der Waals surface area contributed by atoms with Crippen LogP contribution >= 0.6 is 0 Å². The molecule has 6 atom stereocenters. The molecule has 0 amide bonds. The molecule has 1 nitrogen and oxygen atoms in total. The van der Waals surface area contributed by atoms with E-state index in [9.17, 15) is 0 Å². The van der Waals surface area contributed by atoms with Crippen molar-refractivity contribution < 1.29 is 0 Å². The molecule has 2 aliphatic rings. The van der Waals surface area contributed by atoms with Gasteiger partial charge >= 0.3 is 0 Å². The van der Waals surface area contributed by atoms with Crippen LogP contribution in [-0.2, 0) is 0 Å². The van der Waals surface area contributed by atoms with Gasteiger partial charge in [-0.25, -0.2) is 0 Å². The highest BCUT2D eigenvalue weighted by atomic mass is 14.8. The number of hydrogen-bond acceptors (Lipinski definition) is 1. The lowest BCUT2D eigenvalue weighted by Gasteiger charge is -2.49. The first kappa shape index (κ1) is 23.0. The summed E-state index contributed by atoms with van der Waals surface area (Å²) >= 11 is 0. The van der Waals surface area contributed by atoms with Crippen molar-refractivity contribution in [3.63, 3.8) is 0 Å². The van der Waals surface area contributed by atoms with Gasteiger partial charge in [-0.05, 0) is 68.6 Å². The van der Waals surface area contributed by atoms with Crippen molar-refractivity contribution in [2.24, 2.45) is 35.3 Å². The van der Waals surface area contributed by atoms with Crippen LogP contribution in [0.1, 0.15) is 107 Å². The van der Waals surface area contributed by atoms with Gasteiger partial charge in [0, 0.05) is 5.54 Å². The molecular weight excluding hydrogens is 278 g/mol. The van der Waals surface area contributed by atoms with Crippen LogP contribution in [0.3, 0.4) is 0 Å². The largest absolute Gasteiger partial charge is 0.325 e. The standard InChI is InChI=1S/C19H37N.C2H6.CH4/c1-5-16-10-11-18-17(15(16)3)9-7-6-8-14(2)12-13-19(18,4)20;1-2;/h14-18H,5-13,20H2,1-4H3;1-2H3;1H4. The first-order valence-corrected chi connectivity index (χ1v) is 10.2. The summed E-state index contributed by atoms with van der Waals surface area (Å²) in [7, 11) is 0. The quantitative estimate of drug-likeness (QED) is 0.549. The lowest BCUT2D eigenvalue weighted by molar-refractivity contribution is 0.0361. The van der Waals surface area contributed by atoms with Crippen molar-refractivity contribution in [1.82, 2.24) is 0 Å². The summed E-state index contributed by atoms with van der Waals surface area (Å²) in [4.78, 5) is 0. The minimum Gasteiger partial charge on any atom is -0.325 e. The van der Waals surface area contributed by atoms with Crippen LogP contribution in [0.5, 0.6) is 0 Å². The normalized spacial score (nSPS) is 41.6. The lowest BCUT2D eigenvalue weighted by atomic mass is 9.58. The van der Waals surface area contributed by atoms with Crippen LogP contribution in [0.2, 0.25) is 0 Å². The highest BCUT2D eigenvalue weighted by Gasteiger charge is 2.43. The molecule has 6 unspecified atom stereocenters. The molecule has 0 aliphatic heterocycles. The van der Waals surface area contributed by atoms with Crippen molar-refractivity contribution in [1.29, 1.82) is 0 Å². The summed E-state index contributed by atoms with van der Waals surface area (Å²) in [5.74, 6) is 4.37. The number of rotatable bonds is 1. The van der Waals surface area contributed by atoms with E-state index < -0.39 is 0 Å². The van der Waals surface area contributed by atoms with Crippen molar-refractivity contribution in [3.8, 4) is 0 Å². The molecule has 2 saturated carbocycles. The second-order valence-electron chi connectivity index (χ2n) is 8.31. The van der Waals surface area contributed by atoms with E-state index in [0.29, 0.717) is 0 Å². The fourth-order valence-electron chi connectivity index (χ4n) is 5.21. The van der Waals surface area contributed by atoms with Gasteiger partial charge < -0.3 is 5.73 Å². The first-order valence-electron chi connectivity index (χ1n) is 10.2. The van der Waals surface area contributed by atoms with Gasteiger partial charge in [0.25, 0.3) is 0 Å². The van der Waals surface area contributed by atoms with E-state index in [-0.39, 0.29) is 13.0 Å². The summed E-state index contributed by atoms with van der Waals surface area (Å²) in [6, 6.07) is 0. The van der Waals surface area contributed by atoms with Crippen molar-refractivity contribution >= 4 is 0 Å². The summed E-state index contributed by atoms with van der Waals surface area (Å²) in [5, 5.41) is 0. The fraction of sp³-hybridized carbons (Fsp3) is 1.00. The maximum Gasteiger partial charge on any atom is 0.0157 e. The summed E-state index contributed by atoms with van der Waals surface area (Å²) in [6.45, 7) is 13.7. The SMILES string of the molecule is C.CC.CCC1CCC2C(CCCCC(C)CCC2(C)N)C1C. The average Bonchev–Trinajstić information content (AvgIpc) is 2.52. The van der Waals surface area contributed by atoms with Crippen LogP contribution in [0.15, 0.2) is 0 Å². The van der Waals surface area contributed by atoms with Crippen molar-refractivity contribution in [2.45, 2.75) is 112 Å². The molecule has 1 heteroatoms. The molecule has 0 spiro atoms. The highest BCUT2D eigenvalue weighted by molar-refractivity contribution is 4.97. The monoisotopic (exact) mass is 325 g/mol. The van der Waals surface area contributed by atoms with Gasteiger partial charge in [0.05, 0.1) is 0 Å². The van der Waals surface area contributed by atoms with Crippen LogP contribution < -0.4 is 5.73 Å². The lowest BCUT2D eigenvalue weighted by Crippen LogP contribution is -2.51. The van der Waals surface area contributed by atoms with Gasteiger partial charge in [-0.2, -0.15) is 0 Å². The Kier molecular flexibility index (Phi) is 10.7. The number of nitrogens with two attached hydrogens (primary N) is 1. The molecule has 0 aromatic carbocycles. The molecule has 2 rings (SSSR count). The Labute approximate surface area is 148 Å². The Morgan fingerprint density at radius 1 is 0.957 bits per heavy atom. The third-order valence-corrected chi connectivity index (χ3v) is 6.82. The molecule has 2 fully saturated rings. The molecule has 140 valence electrons. The molecule has 2 aliphatic carbocycles. The fourth-order valence-corrected chi connectivity index (χ4v) is 5.21. The summed E-state index contributed by atoms with van der Waals surface area (Å²) in [5.41, 5.74) is 6.91. The van der Waals surface area contributed by atoms with Gasteiger partial charge in [-0.3, -0.25) is 0 Å². The van der Waals surface area contributed by atoms with E-state index in [0.717, 1.165) is 29.6 Å². The molecule has 0 heterocycles. The van der Waals surface area contributed by atoms with Crippen LogP contribution in [0.4, 0.5) is 0 Å². The van der Waals surface area contributed by atoms with Gasteiger partial charge in [-0.15, -0.1) is 0 Å². The van der Waals surface area contributed by atoms with Crippen LogP contribution in [0.25, 0.3) is 0 Å². The first-order chi connectivity index (χ1) is 10.5. The third-order valence-electron chi connectivity index (χ3n) is 6.82. The van der Waals surface area contributed by atoms with Gasteiger partial charge in [0.2, 0.25) is 0 Å². The van der Waals surface area contributed by atoms with Gasteiger partial charge in [0.1, 0.15) is 0 Å². The van der Waals surface area contributed by atoms with E-state index in [1.165, 1.54) is 57.8 Å². The zero-order chi connectivity index (χ0) is 16.8. The molecule has 0 radical (unpaired) electrons. The Balaban J connectivity index is 0.00000155. The molecule has 2 N–H and O–H groups in total. The Hall–Kier alpha value is -0.0400. The molecule has 0 saturated heterocycles. The van der Waals surface area contributed by atoms with E-state index >= 15 is 0 Å².